The molecular weight excluding hydrogens is 224 g/mol. The Morgan fingerprint density at radius 3 is 2.69 bits per heavy atom. The number of benzene rings is 1. The molecule has 0 bridgehead atoms. The van der Waals surface area contributed by atoms with Crippen molar-refractivity contribution >= 4 is 11.6 Å². The Morgan fingerprint density at radius 2 is 2.12 bits per heavy atom. The largest absolute Gasteiger partial charge is 0.469 e. The lowest BCUT2D eigenvalue weighted by atomic mass is 10.0. The molecule has 1 aromatic carbocycles. The number of furan rings is 1. The minimum absolute atomic E-state index is 0.101. The van der Waals surface area contributed by atoms with E-state index in [0.717, 1.165) is 16.9 Å². The van der Waals surface area contributed by atoms with Gasteiger partial charge in [-0.1, -0.05) is 23.7 Å². The third-order valence-corrected chi connectivity index (χ3v) is 2.67. The molecule has 0 saturated heterocycles. The number of nitrogens with one attached hydrogen (secondary N) is 1. The van der Waals surface area contributed by atoms with Crippen LogP contribution in [0, 0.1) is 6.92 Å². The van der Waals surface area contributed by atoms with Crippen LogP contribution >= 0.6 is 11.6 Å². The quantitative estimate of drug-likeness (QED) is 0.637. The monoisotopic (exact) mass is 236 g/mol. The highest BCUT2D eigenvalue weighted by atomic mass is 35.5. The second-order valence-corrected chi connectivity index (χ2v) is 4.08. The maximum Gasteiger partial charge on any atom is 0.101 e. The second-order valence-electron chi connectivity index (χ2n) is 3.65. The molecule has 2 aromatic rings. The van der Waals surface area contributed by atoms with Gasteiger partial charge in [0.2, 0.25) is 0 Å². The zero-order valence-electron chi connectivity index (χ0n) is 8.91. The molecule has 0 radical (unpaired) electrons. The lowest BCUT2D eigenvalue weighted by molar-refractivity contribution is 0.526. The Balaban J connectivity index is 2.36. The van der Waals surface area contributed by atoms with Crippen LogP contribution in [-0.2, 0) is 0 Å². The third-order valence-electron chi connectivity index (χ3n) is 2.43. The molecule has 1 unspecified atom stereocenters. The van der Waals surface area contributed by atoms with Gasteiger partial charge >= 0.3 is 0 Å². The minimum atomic E-state index is -0.101. The molecule has 0 aliphatic carbocycles. The van der Waals surface area contributed by atoms with Crippen molar-refractivity contribution in [3.8, 4) is 0 Å². The van der Waals surface area contributed by atoms with Gasteiger partial charge < -0.3 is 4.42 Å². The summed E-state index contributed by atoms with van der Waals surface area (Å²) in [6.45, 7) is 1.90. The van der Waals surface area contributed by atoms with E-state index in [9.17, 15) is 0 Å². The van der Waals surface area contributed by atoms with E-state index in [0.29, 0.717) is 5.02 Å². The molecule has 0 spiro atoms. The maximum atomic E-state index is 5.95. The summed E-state index contributed by atoms with van der Waals surface area (Å²) in [6.07, 6.45) is 1.70. The van der Waals surface area contributed by atoms with Gasteiger partial charge in [0.25, 0.3) is 0 Å². The first kappa shape index (κ1) is 11.2. The molecule has 0 saturated carbocycles. The Morgan fingerprint density at radius 1 is 1.31 bits per heavy atom. The normalized spacial score (nSPS) is 12.7. The molecule has 2 rings (SSSR count). The molecule has 16 heavy (non-hydrogen) atoms. The van der Waals surface area contributed by atoms with E-state index in [1.54, 1.807) is 6.26 Å². The fourth-order valence-corrected chi connectivity index (χ4v) is 1.88. The van der Waals surface area contributed by atoms with Crippen LogP contribution in [0.4, 0.5) is 0 Å². The summed E-state index contributed by atoms with van der Waals surface area (Å²) < 4.78 is 5.27. The predicted molar refractivity (Wildman–Crippen MR) is 64.1 cm³/mol. The summed E-state index contributed by atoms with van der Waals surface area (Å²) in [5, 5.41) is 0.693. The molecule has 3 N–H and O–H groups in total. The predicted octanol–water partition coefficient (Wildman–Crippen LogP) is 2.79. The molecular formula is C12H13ClN2O. The number of nitrogens with two attached hydrogens (primary N) is 1. The molecule has 0 amide bonds. The maximum absolute atomic E-state index is 5.95. The van der Waals surface area contributed by atoms with Crippen molar-refractivity contribution in [2.75, 3.05) is 0 Å². The van der Waals surface area contributed by atoms with Crippen molar-refractivity contribution in [2.45, 2.75) is 13.0 Å². The lowest BCUT2D eigenvalue weighted by Gasteiger charge is -2.14. The van der Waals surface area contributed by atoms with E-state index < -0.39 is 0 Å². The van der Waals surface area contributed by atoms with Gasteiger partial charge in [0.05, 0.1) is 12.3 Å². The average Bonchev–Trinajstić information content (AvgIpc) is 2.66. The standard InChI is InChI=1S/C12H13ClN2O/c1-8-5-10(7-16-8)12(15-14)9-3-2-4-11(13)6-9/h2-7,12,15H,14H2,1H3. The van der Waals surface area contributed by atoms with Crippen LogP contribution in [0.1, 0.15) is 22.9 Å². The van der Waals surface area contributed by atoms with Gasteiger partial charge in [0.1, 0.15) is 5.76 Å². The van der Waals surface area contributed by atoms with Gasteiger partial charge in [-0.3, -0.25) is 5.84 Å². The van der Waals surface area contributed by atoms with E-state index in [4.69, 9.17) is 21.9 Å². The molecule has 84 valence electrons. The summed E-state index contributed by atoms with van der Waals surface area (Å²) in [5.74, 6) is 6.42. The molecule has 0 aliphatic rings. The fourth-order valence-electron chi connectivity index (χ4n) is 1.69. The number of halogens is 1. The topological polar surface area (TPSA) is 51.2 Å². The van der Waals surface area contributed by atoms with Gasteiger partial charge in [-0.25, -0.2) is 5.43 Å². The van der Waals surface area contributed by atoms with Gasteiger partial charge in [-0.15, -0.1) is 0 Å². The van der Waals surface area contributed by atoms with E-state index in [1.165, 1.54) is 0 Å². The Labute approximate surface area is 99.2 Å². The number of rotatable bonds is 3. The van der Waals surface area contributed by atoms with Crippen LogP contribution < -0.4 is 11.3 Å². The summed E-state index contributed by atoms with van der Waals surface area (Å²) in [6, 6.07) is 9.43. The van der Waals surface area contributed by atoms with Crippen molar-refractivity contribution in [3.63, 3.8) is 0 Å². The van der Waals surface area contributed by atoms with Crippen molar-refractivity contribution in [1.82, 2.24) is 5.43 Å². The van der Waals surface area contributed by atoms with Gasteiger partial charge in [-0.2, -0.15) is 0 Å². The Kier molecular flexibility index (Phi) is 3.29. The Bertz CT molecular complexity index is 481. The minimum Gasteiger partial charge on any atom is -0.469 e. The van der Waals surface area contributed by atoms with E-state index >= 15 is 0 Å². The fraction of sp³-hybridized carbons (Fsp3) is 0.167. The average molecular weight is 237 g/mol. The number of aryl methyl sites for hydroxylation is 1. The zero-order valence-corrected chi connectivity index (χ0v) is 9.66. The van der Waals surface area contributed by atoms with Crippen LogP contribution in [0.15, 0.2) is 41.0 Å². The van der Waals surface area contributed by atoms with Gasteiger partial charge in [0, 0.05) is 10.6 Å². The Hall–Kier alpha value is -1.29. The van der Waals surface area contributed by atoms with Crippen LogP contribution in [0.3, 0.4) is 0 Å². The molecule has 1 aromatic heterocycles. The second kappa shape index (κ2) is 4.70. The number of hydrogen-bond donors (Lipinski definition) is 2. The van der Waals surface area contributed by atoms with Crippen molar-refractivity contribution in [3.05, 3.63) is 58.5 Å². The highest BCUT2D eigenvalue weighted by molar-refractivity contribution is 6.30. The van der Waals surface area contributed by atoms with Crippen LogP contribution in [0.2, 0.25) is 5.02 Å². The lowest BCUT2D eigenvalue weighted by Crippen LogP contribution is -2.28. The van der Waals surface area contributed by atoms with Crippen molar-refractivity contribution < 1.29 is 4.42 Å². The molecule has 1 atom stereocenters. The van der Waals surface area contributed by atoms with Crippen LogP contribution in [0.5, 0.6) is 0 Å². The molecule has 0 aliphatic heterocycles. The van der Waals surface area contributed by atoms with Crippen LogP contribution in [-0.4, -0.2) is 0 Å². The molecule has 3 nitrogen and oxygen atoms in total. The summed E-state index contributed by atoms with van der Waals surface area (Å²) in [7, 11) is 0. The zero-order chi connectivity index (χ0) is 11.5. The summed E-state index contributed by atoms with van der Waals surface area (Å²) >= 11 is 5.95. The third kappa shape index (κ3) is 2.27. The van der Waals surface area contributed by atoms with Gasteiger partial charge in [-0.05, 0) is 30.7 Å². The van der Waals surface area contributed by atoms with E-state index in [2.05, 4.69) is 5.43 Å². The number of hydrogen-bond acceptors (Lipinski definition) is 3. The van der Waals surface area contributed by atoms with Crippen LogP contribution in [0.25, 0.3) is 0 Å². The summed E-state index contributed by atoms with van der Waals surface area (Å²) in [5.41, 5.74) is 4.75. The number of hydrazine groups is 1. The first-order valence-electron chi connectivity index (χ1n) is 4.97. The summed E-state index contributed by atoms with van der Waals surface area (Å²) in [4.78, 5) is 0. The molecule has 1 heterocycles. The van der Waals surface area contributed by atoms with Crippen molar-refractivity contribution in [2.24, 2.45) is 5.84 Å². The van der Waals surface area contributed by atoms with Gasteiger partial charge in [0.15, 0.2) is 0 Å². The highest BCUT2D eigenvalue weighted by Gasteiger charge is 2.14. The van der Waals surface area contributed by atoms with E-state index in [1.807, 2.05) is 37.3 Å². The SMILES string of the molecule is Cc1cc(C(NN)c2cccc(Cl)c2)co1. The first-order chi connectivity index (χ1) is 7.70. The van der Waals surface area contributed by atoms with Crippen molar-refractivity contribution in [1.29, 1.82) is 0 Å². The highest BCUT2D eigenvalue weighted by Crippen LogP contribution is 2.24. The first-order valence-corrected chi connectivity index (χ1v) is 5.35. The molecule has 4 heteroatoms. The molecule has 0 fully saturated rings. The van der Waals surface area contributed by atoms with E-state index in [-0.39, 0.29) is 6.04 Å². The smallest absolute Gasteiger partial charge is 0.101 e.